The summed E-state index contributed by atoms with van der Waals surface area (Å²) in [5, 5.41) is 7.54. The molecule has 0 aromatic carbocycles. The van der Waals surface area contributed by atoms with Crippen LogP contribution in [0.5, 0.6) is 0 Å². The lowest BCUT2D eigenvalue weighted by Gasteiger charge is -2.35. The zero-order valence-electron chi connectivity index (χ0n) is 16.8. The Labute approximate surface area is 161 Å². The summed E-state index contributed by atoms with van der Waals surface area (Å²) in [6.07, 6.45) is 5.97. The van der Waals surface area contributed by atoms with Crippen LogP contribution in [-0.4, -0.2) is 58.3 Å². The number of carbonyl (C=O) groups is 2. The number of nitrogens with one attached hydrogen (secondary N) is 1. The van der Waals surface area contributed by atoms with E-state index in [1.165, 1.54) is 12.8 Å². The summed E-state index contributed by atoms with van der Waals surface area (Å²) in [4.78, 5) is 27.1. The van der Waals surface area contributed by atoms with E-state index in [1.54, 1.807) is 0 Å². The second-order valence-corrected chi connectivity index (χ2v) is 7.84. The van der Waals surface area contributed by atoms with E-state index < -0.39 is 0 Å². The first kappa shape index (κ1) is 19.9. The monoisotopic (exact) mass is 376 g/mol. The smallest absolute Gasteiger partial charge is 0.223 e. The van der Waals surface area contributed by atoms with Gasteiger partial charge in [-0.2, -0.15) is 5.10 Å². The Morgan fingerprint density at radius 1 is 1.26 bits per heavy atom. The molecule has 3 rings (SSSR count). The number of aromatic nitrogens is 2. The first-order valence-corrected chi connectivity index (χ1v) is 10.1. The standard InChI is InChI=1S/C20H32N4O3/c1-14-18(15(2)23(3)22-14)8-9-20(26)24-10-11-27-13-17(24)12-19(25)21-16-6-4-5-7-16/h16-17H,4-13H2,1-3H3,(H,21,25)/t17-/m0/s1. The fraction of sp³-hybridized carbons (Fsp3) is 0.750. The van der Waals surface area contributed by atoms with Gasteiger partial charge in [-0.15, -0.1) is 0 Å². The van der Waals surface area contributed by atoms with E-state index in [1.807, 2.05) is 30.5 Å². The van der Waals surface area contributed by atoms with Crippen molar-refractivity contribution >= 4 is 11.8 Å². The predicted octanol–water partition coefficient (Wildman–Crippen LogP) is 1.65. The van der Waals surface area contributed by atoms with Gasteiger partial charge in [0.2, 0.25) is 11.8 Å². The molecule has 150 valence electrons. The Hall–Kier alpha value is -1.89. The van der Waals surface area contributed by atoms with Gasteiger partial charge >= 0.3 is 0 Å². The average molecular weight is 377 g/mol. The zero-order valence-corrected chi connectivity index (χ0v) is 16.8. The number of hydrogen-bond acceptors (Lipinski definition) is 4. The highest BCUT2D eigenvalue weighted by atomic mass is 16.5. The molecule has 2 amide bonds. The molecule has 1 aromatic heterocycles. The molecule has 7 heteroatoms. The molecule has 2 heterocycles. The van der Waals surface area contributed by atoms with Crippen LogP contribution in [0.15, 0.2) is 0 Å². The molecule has 1 N–H and O–H groups in total. The van der Waals surface area contributed by atoms with Gasteiger partial charge in [-0.3, -0.25) is 14.3 Å². The lowest BCUT2D eigenvalue weighted by Crippen LogP contribution is -2.51. The van der Waals surface area contributed by atoms with Crippen molar-refractivity contribution in [2.75, 3.05) is 19.8 Å². The van der Waals surface area contributed by atoms with Gasteiger partial charge in [0.1, 0.15) is 0 Å². The first-order chi connectivity index (χ1) is 13.0. The third-order valence-electron chi connectivity index (χ3n) is 5.94. The summed E-state index contributed by atoms with van der Waals surface area (Å²) in [7, 11) is 1.93. The minimum Gasteiger partial charge on any atom is -0.377 e. The van der Waals surface area contributed by atoms with E-state index in [9.17, 15) is 9.59 Å². The minimum absolute atomic E-state index is 0.0362. The third kappa shape index (κ3) is 4.89. The van der Waals surface area contributed by atoms with Crippen molar-refractivity contribution in [3.05, 3.63) is 17.0 Å². The molecule has 0 unspecified atom stereocenters. The van der Waals surface area contributed by atoms with E-state index in [0.717, 1.165) is 29.8 Å². The van der Waals surface area contributed by atoms with Crippen LogP contribution in [-0.2, 0) is 27.8 Å². The summed E-state index contributed by atoms with van der Waals surface area (Å²) < 4.78 is 7.41. The number of rotatable bonds is 6. The molecular weight excluding hydrogens is 344 g/mol. The molecule has 1 saturated carbocycles. The van der Waals surface area contributed by atoms with E-state index in [4.69, 9.17) is 4.74 Å². The lowest BCUT2D eigenvalue weighted by molar-refractivity contribution is -0.141. The van der Waals surface area contributed by atoms with Gasteiger partial charge in [0.25, 0.3) is 0 Å². The number of amides is 2. The highest BCUT2D eigenvalue weighted by Gasteiger charge is 2.30. The van der Waals surface area contributed by atoms with E-state index >= 15 is 0 Å². The maximum atomic E-state index is 12.8. The molecule has 1 atom stereocenters. The van der Waals surface area contributed by atoms with Gasteiger partial charge in [-0.1, -0.05) is 12.8 Å². The lowest BCUT2D eigenvalue weighted by atomic mass is 10.1. The molecule has 7 nitrogen and oxygen atoms in total. The molecule has 1 aliphatic heterocycles. The number of carbonyl (C=O) groups excluding carboxylic acids is 2. The number of ether oxygens (including phenoxy) is 1. The largest absolute Gasteiger partial charge is 0.377 e. The van der Waals surface area contributed by atoms with Gasteiger partial charge in [0.05, 0.1) is 24.9 Å². The highest BCUT2D eigenvalue weighted by molar-refractivity contribution is 5.80. The van der Waals surface area contributed by atoms with E-state index in [-0.39, 0.29) is 17.9 Å². The summed E-state index contributed by atoms with van der Waals surface area (Å²) >= 11 is 0. The van der Waals surface area contributed by atoms with Crippen LogP contribution in [0.1, 0.15) is 55.5 Å². The Bertz CT molecular complexity index is 679. The third-order valence-corrected chi connectivity index (χ3v) is 5.94. The van der Waals surface area contributed by atoms with Crippen LogP contribution in [0.2, 0.25) is 0 Å². The minimum atomic E-state index is -0.163. The molecule has 27 heavy (non-hydrogen) atoms. The Balaban J connectivity index is 1.55. The van der Waals surface area contributed by atoms with Crippen LogP contribution in [0.25, 0.3) is 0 Å². The number of hydrogen-bond donors (Lipinski definition) is 1. The number of aryl methyl sites for hydroxylation is 2. The van der Waals surface area contributed by atoms with Crippen molar-refractivity contribution < 1.29 is 14.3 Å². The number of nitrogens with zero attached hydrogens (tertiary/aromatic N) is 3. The molecule has 0 radical (unpaired) electrons. The number of morpholine rings is 1. The van der Waals surface area contributed by atoms with Crippen molar-refractivity contribution in [1.82, 2.24) is 20.0 Å². The molecule has 1 saturated heterocycles. The van der Waals surface area contributed by atoms with Crippen molar-refractivity contribution in [1.29, 1.82) is 0 Å². The van der Waals surface area contributed by atoms with Crippen LogP contribution in [0.3, 0.4) is 0 Å². The fourth-order valence-electron chi connectivity index (χ4n) is 4.28. The van der Waals surface area contributed by atoms with Crippen LogP contribution in [0, 0.1) is 13.8 Å². The van der Waals surface area contributed by atoms with E-state index in [2.05, 4.69) is 10.4 Å². The second-order valence-electron chi connectivity index (χ2n) is 7.84. The molecule has 1 aliphatic carbocycles. The first-order valence-electron chi connectivity index (χ1n) is 10.1. The Morgan fingerprint density at radius 2 is 2.00 bits per heavy atom. The summed E-state index contributed by atoms with van der Waals surface area (Å²) in [6, 6.07) is 0.145. The van der Waals surface area contributed by atoms with Gasteiger partial charge in [0.15, 0.2) is 0 Å². The van der Waals surface area contributed by atoms with Crippen molar-refractivity contribution in [2.45, 2.75) is 70.9 Å². The molecule has 2 fully saturated rings. The molecular formula is C20H32N4O3. The van der Waals surface area contributed by atoms with Crippen molar-refractivity contribution in [2.24, 2.45) is 7.05 Å². The van der Waals surface area contributed by atoms with Crippen LogP contribution < -0.4 is 5.32 Å². The van der Waals surface area contributed by atoms with Crippen molar-refractivity contribution in [3.63, 3.8) is 0 Å². The molecule has 0 bridgehead atoms. The van der Waals surface area contributed by atoms with Gasteiger partial charge in [-0.05, 0) is 38.7 Å². The fourth-order valence-corrected chi connectivity index (χ4v) is 4.28. The van der Waals surface area contributed by atoms with Gasteiger partial charge < -0.3 is 15.0 Å². The maximum absolute atomic E-state index is 12.8. The Morgan fingerprint density at radius 3 is 2.67 bits per heavy atom. The Kier molecular flexibility index (Phi) is 6.52. The maximum Gasteiger partial charge on any atom is 0.223 e. The second kappa shape index (κ2) is 8.87. The predicted molar refractivity (Wildman–Crippen MR) is 102 cm³/mol. The molecule has 2 aliphatic rings. The average Bonchev–Trinajstić information content (AvgIpc) is 3.22. The van der Waals surface area contributed by atoms with Gasteiger partial charge in [0, 0.05) is 38.2 Å². The summed E-state index contributed by atoms with van der Waals surface area (Å²) in [5.74, 6) is 0.133. The SMILES string of the molecule is Cc1nn(C)c(C)c1CCC(=O)N1CCOC[C@@H]1CC(=O)NC1CCCC1. The normalized spacial score (nSPS) is 20.9. The summed E-state index contributed by atoms with van der Waals surface area (Å²) in [6.45, 7) is 5.56. The molecule has 1 aromatic rings. The van der Waals surface area contributed by atoms with Crippen molar-refractivity contribution in [3.8, 4) is 0 Å². The quantitative estimate of drug-likeness (QED) is 0.819. The zero-order chi connectivity index (χ0) is 19.4. The highest BCUT2D eigenvalue weighted by Crippen LogP contribution is 2.20. The van der Waals surface area contributed by atoms with E-state index in [0.29, 0.717) is 45.1 Å². The van der Waals surface area contributed by atoms with Crippen LogP contribution >= 0.6 is 0 Å². The van der Waals surface area contributed by atoms with Gasteiger partial charge in [-0.25, -0.2) is 0 Å². The summed E-state index contributed by atoms with van der Waals surface area (Å²) in [5.41, 5.74) is 3.24. The molecule has 0 spiro atoms. The topological polar surface area (TPSA) is 76.5 Å². The van der Waals surface area contributed by atoms with Crippen LogP contribution in [0.4, 0.5) is 0 Å².